The zero-order chi connectivity index (χ0) is 12.6. The number of anilines is 1. The van der Waals surface area contributed by atoms with Gasteiger partial charge in [-0.2, -0.15) is 0 Å². The maximum atomic E-state index is 12.0. The third-order valence-electron chi connectivity index (χ3n) is 4.05. The largest absolute Gasteiger partial charge is 0.360 e. The van der Waals surface area contributed by atoms with Crippen molar-refractivity contribution in [2.45, 2.75) is 6.92 Å². The van der Waals surface area contributed by atoms with Crippen LogP contribution in [0.1, 0.15) is 5.76 Å². The van der Waals surface area contributed by atoms with Gasteiger partial charge in [0.15, 0.2) is 12.4 Å². The number of quaternary nitrogens is 1. The predicted molar refractivity (Wildman–Crippen MR) is 66.0 cm³/mol. The number of piperazine rings is 3. The Morgan fingerprint density at radius 1 is 1.44 bits per heavy atom. The second-order valence-corrected chi connectivity index (χ2v) is 5.38. The summed E-state index contributed by atoms with van der Waals surface area (Å²) in [6, 6.07) is 1.74. The minimum absolute atomic E-state index is 0.0404. The van der Waals surface area contributed by atoms with Gasteiger partial charge in [-0.05, 0) is 6.92 Å². The Morgan fingerprint density at radius 3 is 2.67 bits per heavy atom. The Hall–Kier alpha value is -1.40. The average molecular weight is 251 g/mol. The number of hydrogen-bond donors (Lipinski definition) is 1. The van der Waals surface area contributed by atoms with Crippen molar-refractivity contribution in [1.29, 1.82) is 0 Å². The molecule has 18 heavy (non-hydrogen) atoms. The predicted octanol–water partition coefficient (Wildman–Crippen LogP) is 0.0675. The van der Waals surface area contributed by atoms with Gasteiger partial charge in [0.25, 0.3) is 5.91 Å². The summed E-state index contributed by atoms with van der Waals surface area (Å²) in [5.74, 6) is 1.27. The van der Waals surface area contributed by atoms with Crippen molar-refractivity contribution in [3.63, 3.8) is 0 Å². The summed E-state index contributed by atoms with van der Waals surface area (Å²) >= 11 is 0. The minimum atomic E-state index is 0.0404. The number of carbonyl (C=O) groups is 1. The molecule has 3 aliphatic heterocycles. The van der Waals surface area contributed by atoms with Crippen LogP contribution in [0.5, 0.6) is 0 Å². The Bertz CT molecular complexity index is 435. The summed E-state index contributed by atoms with van der Waals surface area (Å²) in [5.41, 5.74) is 0. The molecule has 2 bridgehead atoms. The van der Waals surface area contributed by atoms with E-state index >= 15 is 0 Å². The van der Waals surface area contributed by atoms with Gasteiger partial charge >= 0.3 is 0 Å². The molecule has 0 radical (unpaired) electrons. The Balaban J connectivity index is 1.60. The van der Waals surface area contributed by atoms with E-state index in [9.17, 15) is 4.79 Å². The van der Waals surface area contributed by atoms with Crippen molar-refractivity contribution < 1.29 is 13.8 Å². The van der Waals surface area contributed by atoms with Crippen molar-refractivity contribution >= 4 is 11.7 Å². The zero-order valence-electron chi connectivity index (χ0n) is 10.7. The lowest BCUT2D eigenvalue weighted by molar-refractivity contribution is -0.933. The van der Waals surface area contributed by atoms with Crippen LogP contribution in [0.25, 0.3) is 0 Å². The number of aryl methyl sites for hydroxylation is 1. The highest BCUT2D eigenvalue weighted by Crippen LogP contribution is 2.19. The molecule has 3 saturated heterocycles. The number of amides is 1. The lowest BCUT2D eigenvalue weighted by Crippen LogP contribution is -2.68. The van der Waals surface area contributed by atoms with E-state index < -0.39 is 0 Å². The number of fused-ring (bicyclic) bond motifs is 3. The summed E-state index contributed by atoms with van der Waals surface area (Å²) in [5, 5.41) is 6.60. The fourth-order valence-corrected chi connectivity index (χ4v) is 2.88. The summed E-state index contributed by atoms with van der Waals surface area (Å²) < 4.78 is 5.87. The first-order chi connectivity index (χ1) is 8.65. The van der Waals surface area contributed by atoms with Crippen LogP contribution in [0.3, 0.4) is 0 Å². The number of rotatable bonds is 3. The molecule has 0 aromatic carbocycles. The molecular weight excluding hydrogens is 232 g/mol. The van der Waals surface area contributed by atoms with E-state index in [0.717, 1.165) is 43.8 Å². The molecule has 4 heterocycles. The zero-order valence-corrected chi connectivity index (χ0v) is 10.7. The van der Waals surface area contributed by atoms with Crippen LogP contribution in [0, 0.1) is 6.92 Å². The molecule has 0 atom stereocenters. The first-order valence-corrected chi connectivity index (χ1v) is 6.46. The number of aromatic nitrogens is 1. The quantitative estimate of drug-likeness (QED) is 0.772. The number of nitrogens with zero attached hydrogens (tertiary/aromatic N) is 3. The second-order valence-electron chi connectivity index (χ2n) is 5.38. The van der Waals surface area contributed by atoms with Gasteiger partial charge in [0.2, 0.25) is 0 Å². The van der Waals surface area contributed by atoms with E-state index in [1.807, 2.05) is 6.92 Å². The summed E-state index contributed by atoms with van der Waals surface area (Å²) in [6.45, 7) is 9.00. The van der Waals surface area contributed by atoms with Crippen molar-refractivity contribution in [1.82, 2.24) is 10.1 Å². The SMILES string of the molecule is Cc1cc(NC(=O)C[N+]23CCN(CC2)CC3)no1. The van der Waals surface area contributed by atoms with E-state index in [4.69, 9.17) is 4.52 Å². The highest BCUT2D eigenvalue weighted by molar-refractivity contribution is 5.90. The normalized spacial score (nSPS) is 30.4. The molecule has 1 N–H and O–H groups in total. The van der Waals surface area contributed by atoms with E-state index in [0.29, 0.717) is 18.1 Å². The van der Waals surface area contributed by atoms with Crippen LogP contribution in [-0.4, -0.2) is 66.3 Å². The fraction of sp³-hybridized carbons (Fsp3) is 0.667. The maximum absolute atomic E-state index is 12.0. The summed E-state index contributed by atoms with van der Waals surface area (Å²) in [4.78, 5) is 14.5. The number of nitrogens with one attached hydrogen (secondary N) is 1. The first-order valence-electron chi connectivity index (χ1n) is 6.46. The minimum Gasteiger partial charge on any atom is -0.360 e. The topological polar surface area (TPSA) is 58.4 Å². The van der Waals surface area contributed by atoms with Gasteiger partial charge in [0.1, 0.15) is 5.76 Å². The summed E-state index contributed by atoms with van der Waals surface area (Å²) in [6.07, 6.45) is 0. The van der Waals surface area contributed by atoms with Crippen LogP contribution in [-0.2, 0) is 4.79 Å². The van der Waals surface area contributed by atoms with Crippen LogP contribution in [0.4, 0.5) is 5.82 Å². The Kier molecular flexibility index (Phi) is 2.83. The fourth-order valence-electron chi connectivity index (χ4n) is 2.88. The van der Waals surface area contributed by atoms with E-state index in [1.165, 1.54) is 0 Å². The molecule has 6 nitrogen and oxygen atoms in total. The lowest BCUT2D eigenvalue weighted by atomic mass is 10.1. The van der Waals surface area contributed by atoms with Gasteiger partial charge in [0.05, 0.1) is 19.6 Å². The molecule has 4 rings (SSSR count). The molecule has 6 heteroatoms. The van der Waals surface area contributed by atoms with Crippen LogP contribution in [0.2, 0.25) is 0 Å². The first kappa shape index (κ1) is 11.7. The van der Waals surface area contributed by atoms with E-state index in [2.05, 4.69) is 15.4 Å². The Labute approximate surface area is 106 Å². The van der Waals surface area contributed by atoms with Gasteiger partial charge in [0, 0.05) is 25.7 Å². The molecule has 3 aliphatic rings. The third kappa shape index (κ3) is 2.26. The van der Waals surface area contributed by atoms with Crippen molar-refractivity contribution in [2.24, 2.45) is 0 Å². The summed E-state index contributed by atoms with van der Waals surface area (Å²) in [7, 11) is 0. The second kappa shape index (κ2) is 4.37. The van der Waals surface area contributed by atoms with E-state index in [1.54, 1.807) is 6.07 Å². The van der Waals surface area contributed by atoms with Crippen LogP contribution < -0.4 is 5.32 Å². The number of hydrogen-bond acceptors (Lipinski definition) is 4. The molecule has 0 saturated carbocycles. The van der Waals surface area contributed by atoms with Crippen molar-refractivity contribution in [2.75, 3.05) is 51.1 Å². The number of carbonyl (C=O) groups excluding carboxylic acids is 1. The standard InChI is InChI=1S/C12H18N4O2/c1-10-8-11(14-18-10)13-12(17)9-16-5-2-15(3-6-16)4-7-16/h8H,2-7,9H2,1H3/p+1. The van der Waals surface area contributed by atoms with Gasteiger partial charge < -0.3 is 14.3 Å². The van der Waals surface area contributed by atoms with Crippen LogP contribution >= 0.6 is 0 Å². The molecule has 1 amide bonds. The smallest absolute Gasteiger partial charge is 0.280 e. The Morgan fingerprint density at radius 2 is 2.11 bits per heavy atom. The van der Waals surface area contributed by atoms with Gasteiger partial charge in [-0.1, -0.05) is 5.16 Å². The molecule has 0 spiro atoms. The average Bonchev–Trinajstić information content (AvgIpc) is 2.76. The third-order valence-corrected chi connectivity index (χ3v) is 4.05. The van der Waals surface area contributed by atoms with Crippen LogP contribution in [0.15, 0.2) is 10.6 Å². The van der Waals surface area contributed by atoms with Crippen molar-refractivity contribution in [3.05, 3.63) is 11.8 Å². The molecule has 98 valence electrons. The van der Waals surface area contributed by atoms with E-state index in [-0.39, 0.29) is 5.91 Å². The molecule has 1 aromatic heterocycles. The molecular formula is C12H19N4O2+. The van der Waals surface area contributed by atoms with Gasteiger partial charge in [-0.15, -0.1) is 0 Å². The highest BCUT2D eigenvalue weighted by Gasteiger charge is 2.39. The molecule has 3 fully saturated rings. The molecule has 0 unspecified atom stereocenters. The maximum Gasteiger partial charge on any atom is 0.280 e. The lowest BCUT2D eigenvalue weighted by Gasteiger charge is -2.50. The van der Waals surface area contributed by atoms with Gasteiger partial charge in [-0.25, -0.2) is 0 Å². The molecule has 0 aliphatic carbocycles. The monoisotopic (exact) mass is 251 g/mol. The highest BCUT2D eigenvalue weighted by atomic mass is 16.5. The van der Waals surface area contributed by atoms with Gasteiger partial charge in [-0.3, -0.25) is 9.69 Å². The van der Waals surface area contributed by atoms with Crippen molar-refractivity contribution in [3.8, 4) is 0 Å². The molecule has 1 aromatic rings.